The van der Waals surface area contributed by atoms with E-state index in [1.54, 1.807) is 22.9 Å². The molecule has 0 saturated heterocycles. The van der Waals surface area contributed by atoms with Crippen molar-refractivity contribution in [3.63, 3.8) is 0 Å². The lowest BCUT2D eigenvalue weighted by Crippen LogP contribution is -2.18. The molecule has 0 aliphatic rings. The van der Waals surface area contributed by atoms with E-state index in [4.69, 9.17) is 23.2 Å². The van der Waals surface area contributed by atoms with Gasteiger partial charge in [-0.2, -0.15) is 10.2 Å². The fourth-order valence-electron chi connectivity index (χ4n) is 2.54. The van der Waals surface area contributed by atoms with Crippen molar-refractivity contribution in [2.45, 2.75) is 13.5 Å². The number of amides is 1. The zero-order chi connectivity index (χ0) is 19.7. The largest absolute Gasteiger partial charge is 0.320 e. The number of hydrogen-bond donors (Lipinski definition) is 1. The Kier molecular flexibility index (Phi) is 5.15. The normalized spacial score (nSPS) is 10.8. The number of aromatic nitrogens is 4. The molecule has 0 radical (unpaired) electrons. The van der Waals surface area contributed by atoms with Crippen LogP contribution in [0, 0.1) is 17.0 Å². The second-order valence-electron chi connectivity index (χ2n) is 5.79. The highest BCUT2D eigenvalue weighted by Crippen LogP contribution is 2.24. The van der Waals surface area contributed by atoms with Gasteiger partial charge in [-0.1, -0.05) is 29.3 Å². The Morgan fingerprint density at radius 3 is 2.70 bits per heavy atom. The number of halogens is 2. The molecule has 27 heavy (non-hydrogen) atoms. The van der Waals surface area contributed by atoms with Gasteiger partial charge in [-0.25, -0.2) is 0 Å². The molecule has 3 rings (SSSR count). The molecule has 0 atom stereocenters. The molecule has 9 nitrogen and oxygen atoms in total. The van der Waals surface area contributed by atoms with Gasteiger partial charge in [0.25, 0.3) is 5.91 Å². The molecule has 2 heterocycles. The summed E-state index contributed by atoms with van der Waals surface area (Å²) < 4.78 is 2.82. The average Bonchev–Trinajstić information content (AvgIpc) is 3.14. The van der Waals surface area contributed by atoms with Gasteiger partial charge in [0, 0.05) is 18.8 Å². The predicted molar refractivity (Wildman–Crippen MR) is 100 cm³/mol. The summed E-state index contributed by atoms with van der Waals surface area (Å²) in [6.45, 7) is 2.25. The summed E-state index contributed by atoms with van der Waals surface area (Å²) in [4.78, 5) is 22.8. The fourth-order valence-corrected chi connectivity index (χ4v) is 2.86. The first kappa shape index (κ1) is 18.9. The number of hydrogen-bond acceptors (Lipinski definition) is 5. The number of nitrogens with one attached hydrogen (secondary N) is 1. The number of carbonyl (C=O) groups excluding carboxylic acids is 1. The summed E-state index contributed by atoms with van der Waals surface area (Å²) in [6.07, 6.45) is 1.03. The molecule has 1 amide bonds. The van der Waals surface area contributed by atoms with Gasteiger partial charge in [0.05, 0.1) is 21.5 Å². The number of benzene rings is 1. The lowest BCUT2D eigenvalue weighted by molar-refractivity contribution is -0.385. The minimum atomic E-state index is -0.666. The first-order valence-corrected chi connectivity index (χ1v) is 8.48. The number of nitrogens with zero attached hydrogens (tertiary/aromatic N) is 5. The standard InChI is InChI=1S/C16H14Cl2N6O3/c1-9-5-14(20-16(25)15-13(24(26)27)7-19-22(15)2)21-23(9)8-10-3-4-11(17)12(18)6-10/h3-7H,8H2,1-2H3,(H,20,21,25). The molecule has 1 N–H and O–H groups in total. The second kappa shape index (κ2) is 7.37. The topological polar surface area (TPSA) is 108 Å². The number of nitro groups is 1. The van der Waals surface area contributed by atoms with Gasteiger partial charge >= 0.3 is 5.69 Å². The molecule has 0 saturated carbocycles. The zero-order valence-electron chi connectivity index (χ0n) is 14.3. The van der Waals surface area contributed by atoms with Crippen molar-refractivity contribution >= 4 is 40.6 Å². The molecular weight excluding hydrogens is 395 g/mol. The third-order valence-corrected chi connectivity index (χ3v) is 4.61. The van der Waals surface area contributed by atoms with Crippen LogP contribution in [0.15, 0.2) is 30.5 Å². The lowest BCUT2D eigenvalue weighted by atomic mass is 10.2. The number of carbonyl (C=O) groups is 1. The summed E-state index contributed by atoms with van der Waals surface area (Å²) >= 11 is 11.9. The number of aryl methyl sites for hydroxylation is 2. The minimum Gasteiger partial charge on any atom is -0.303 e. The number of rotatable bonds is 5. The molecule has 0 spiro atoms. The summed E-state index contributed by atoms with van der Waals surface area (Å²) in [5.74, 6) is -0.394. The first-order valence-electron chi connectivity index (χ1n) is 7.72. The van der Waals surface area contributed by atoms with Crippen molar-refractivity contribution in [2.75, 3.05) is 5.32 Å². The molecule has 11 heteroatoms. The Bertz CT molecular complexity index is 1040. The Hall–Kier alpha value is -2.91. The highest BCUT2D eigenvalue weighted by atomic mass is 35.5. The lowest BCUT2D eigenvalue weighted by Gasteiger charge is -2.06. The summed E-state index contributed by atoms with van der Waals surface area (Å²) in [7, 11) is 1.45. The second-order valence-corrected chi connectivity index (χ2v) is 6.60. The summed E-state index contributed by atoms with van der Waals surface area (Å²) in [6, 6.07) is 6.93. The maximum absolute atomic E-state index is 12.4. The molecule has 0 aliphatic heterocycles. The third kappa shape index (κ3) is 3.93. The van der Waals surface area contributed by atoms with Crippen LogP contribution in [-0.4, -0.2) is 30.4 Å². The summed E-state index contributed by atoms with van der Waals surface area (Å²) in [5, 5.41) is 22.6. The molecule has 0 unspecified atom stereocenters. The monoisotopic (exact) mass is 408 g/mol. The van der Waals surface area contributed by atoms with Gasteiger partial charge in [0.1, 0.15) is 6.20 Å². The van der Waals surface area contributed by atoms with Crippen molar-refractivity contribution in [1.82, 2.24) is 19.6 Å². The summed E-state index contributed by atoms with van der Waals surface area (Å²) in [5.41, 5.74) is 1.14. The van der Waals surface area contributed by atoms with Gasteiger partial charge < -0.3 is 5.32 Å². The van der Waals surface area contributed by atoms with E-state index >= 15 is 0 Å². The SMILES string of the molecule is Cc1cc(NC(=O)c2c([N+](=O)[O-])cnn2C)nn1Cc1ccc(Cl)c(Cl)c1. The van der Waals surface area contributed by atoms with Crippen molar-refractivity contribution in [3.05, 3.63) is 67.6 Å². The van der Waals surface area contributed by atoms with E-state index in [0.29, 0.717) is 16.6 Å². The molecule has 0 bridgehead atoms. The van der Waals surface area contributed by atoms with Crippen LogP contribution in [0.4, 0.5) is 11.5 Å². The van der Waals surface area contributed by atoms with Crippen LogP contribution < -0.4 is 5.32 Å². The van der Waals surface area contributed by atoms with E-state index in [2.05, 4.69) is 15.5 Å². The van der Waals surface area contributed by atoms with Gasteiger partial charge in [-0.05, 0) is 24.6 Å². The van der Waals surface area contributed by atoms with E-state index in [0.717, 1.165) is 22.1 Å². The zero-order valence-corrected chi connectivity index (χ0v) is 15.8. The van der Waals surface area contributed by atoms with Crippen molar-refractivity contribution < 1.29 is 9.72 Å². The van der Waals surface area contributed by atoms with Crippen LogP contribution in [0.1, 0.15) is 21.7 Å². The molecule has 2 aromatic heterocycles. The van der Waals surface area contributed by atoms with Crippen LogP contribution in [0.3, 0.4) is 0 Å². The van der Waals surface area contributed by atoms with E-state index in [9.17, 15) is 14.9 Å². The van der Waals surface area contributed by atoms with Crippen LogP contribution >= 0.6 is 23.2 Å². The molecule has 140 valence electrons. The average molecular weight is 409 g/mol. The Balaban J connectivity index is 1.80. The molecule has 1 aromatic carbocycles. The molecular formula is C16H14Cl2N6O3. The van der Waals surface area contributed by atoms with Crippen molar-refractivity contribution in [2.24, 2.45) is 7.05 Å². The Morgan fingerprint density at radius 2 is 2.04 bits per heavy atom. The smallest absolute Gasteiger partial charge is 0.303 e. The highest BCUT2D eigenvalue weighted by Gasteiger charge is 2.26. The van der Waals surface area contributed by atoms with E-state index in [1.807, 2.05) is 13.0 Å². The third-order valence-electron chi connectivity index (χ3n) is 3.87. The maximum atomic E-state index is 12.4. The van der Waals surface area contributed by atoms with Gasteiger partial charge in [-0.3, -0.25) is 24.3 Å². The Labute approximate surface area is 163 Å². The van der Waals surface area contributed by atoms with Crippen molar-refractivity contribution in [3.8, 4) is 0 Å². The highest BCUT2D eigenvalue weighted by molar-refractivity contribution is 6.42. The molecule has 3 aromatic rings. The van der Waals surface area contributed by atoms with Crippen LogP contribution in [0.2, 0.25) is 10.0 Å². The fraction of sp³-hybridized carbons (Fsp3) is 0.188. The maximum Gasteiger partial charge on any atom is 0.320 e. The minimum absolute atomic E-state index is 0.156. The molecule has 0 fully saturated rings. The van der Waals surface area contributed by atoms with Gasteiger partial charge in [0.2, 0.25) is 5.69 Å². The van der Waals surface area contributed by atoms with Crippen molar-refractivity contribution in [1.29, 1.82) is 0 Å². The van der Waals surface area contributed by atoms with E-state index in [1.165, 1.54) is 7.05 Å². The first-order chi connectivity index (χ1) is 12.8. The van der Waals surface area contributed by atoms with Crippen LogP contribution in [-0.2, 0) is 13.6 Å². The molecule has 0 aliphatic carbocycles. The quantitative estimate of drug-likeness (QED) is 0.513. The van der Waals surface area contributed by atoms with Crippen LogP contribution in [0.5, 0.6) is 0 Å². The predicted octanol–water partition coefficient (Wildman–Crippen LogP) is 3.44. The van der Waals surface area contributed by atoms with Gasteiger partial charge in [0.15, 0.2) is 5.82 Å². The van der Waals surface area contributed by atoms with E-state index < -0.39 is 10.8 Å². The van der Waals surface area contributed by atoms with Gasteiger partial charge in [-0.15, -0.1) is 0 Å². The Morgan fingerprint density at radius 1 is 1.30 bits per heavy atom. The van der Waals surface area contributed by atoms with Crippen LogP contribution in [0.25, 0.3) is 0 Å². The van der Waals surface area contributed by atoms with E-state index in [-0.39, 0.29) is 17.2 Å². The number of anilines is 1.